The van der Waals surface area contributed by atoms with Gasteiger partial charge in [-0.25, -0.2) is 4.98 Å². The maximum atomic E-state index is 12.1. The van der Waals surface area contributed by atoms with Crippen molar-refractivity contribution in [1.29, 1.82) is 0 Å². The van der Waals surface area contributed by atoms with E-state index >= 15 is 0 Å². The van der Waals surface area contributed by atoms with Crippen LogP contribution in [0.1, 0.15) is 12.6 Å². The molecule has 6 heteroatoms. The van der Waals surface area contributed by atoms with Gasteiger partial charge in [0.05, 0.1) is 12.9 Å². The summed E-state index contributed by atoms with van der Waals surface area (Å²) < 4.78 is 5.68. The monoisotopic (exact) mass is 252 g/mol. The number of aromatic nitrogens is 2. The summed E-state index contributed by atoms with van der Waals surface area (Å²) in [5.74, 6) is 0.0109. The van der Waals surface area contributed by atoms with Crippen LogP contribution in [0.25, 0.3) is 0 Å². The number of H-pyrrole nitrogens is 1. The number of ether oxygens (including phenoxy) is 1. The number of carbonyl (C=O) groups excluding carboxylic acids is 1. The minimum Gasteiger partial charge on any atom is -0.363 e. The predicted molar refractivity (Wildman–Crippen MR) is 66.9 cm³/mol. The average molecular weight is 252 g/mol. The van der Waals surface area contributed by atoms with Gasteiger partial charge in [-0.1, -0.05) is 0 Å². The van der Waals surface area contributed by atoms with Crippen LogP contribution in [0.2, 0.25) is 0 Å². The van der Waals surface area contributed by atoms with E-state index in [-0.39, 0.29) is 5.91 Å². The summed E-state index contributed by atoms with van der Waals surface area (Å²) in [7, 11) is 3.51. The molecule has 0 aliphatic carbocycles. The molecule has 0 bridgehead atoms. The lowest BCUT2D eigenvalue weighted by molar-refractivity contribution is -0.165. The van der Waals surface area contributed by atoms with E-state index in [1.54, 1.807) is 31.5 Å². The largest absolute Gasteiger partial charge is 0.363 e. The van der Waals surface area contributed by atoms with Crippen LogP contribution in [0, 0.1) is 0 Å². The van der Waals surface area contributed by atoms with E-state index in [2.05, 4.69) is 14.9 Å². The zero-order valence-electron chi connectivity index (χ0n) is 11.1. The second kappa shape index (κ2) is 5.07. The van der Waals surface area contributed by atoms with Crippen molar-refractivity contribution < 1.29 is 9.53 Å². The summed E-state index contributed by atoms with van der Waals surface area (Å²) in [5.41, 5.74) is 0.304. The number of imidazole rings is 1. The fourth-order valence-corrected chi connectivity index (χ4v) is 2.30. The number of nitrogens with one attached hydrogen (secondary N) is 1. The molecule has 0 unspecified atom stereocenters. The zero-order valence-corrected chi connectivity index (χ0v) is 11.1. The molecular weight excluding hydrogens is 232 g/mol. The Hall–Kier alpha value is -1.40. The fourth-order valence-electron chi connectivity index (χ4n) is 2.30. The van der Waals surface area contributed by atoms with E-state index in [4.69, 9.17) is 4.74 Å². The Morgan fingerprint density at radius 1 is 1.67 bits per heavy atom. The maximum Gasteiger partial charge on any atom is 0.255 e. The van der Waals surface area contributed by atoms with Gasteiger partial charge in [0.1, 0.15) is 0 Å². The fraction of sp³-hybridized carbons (Fsp3) is 0.667. The molecule has 2 rings (SSSR count). The van der Waals surface area contributed by atoms with Crippen LogP contribution in [0.5, 0.6) is 0 Å². The highest BCUT2D eigenvalue weighted by atomic mass is 16.5. The Balaban J connectivity index is 2.01. The number of rotatable bonds is 3. The third kappa shape index (κ3) is 2.70. The molecule has 1 aliphatic rings. The van der Waals surface area contributed by atoms with Gasteiger partial charge in [-0.05, 0) is 6.92 Å². The van der Waals surface area contributed by atoms with Crippen molar-refractivity contribution in [1.82, 2.24) is 19.8 Å². The van der Waals surface area contributed by atoms with E-state index in [0.717, 1.165) is 18.8 Å². The topological polar surface area (TPSA) is 61.5 Å². The molecule has 1 atom stereocenters. The number of amides is 1. The van der Waals surface area contributed by atoms with Crippen LogP contribution in [-0.4, -0.2) is 65.1 Å². The van der Waals surface area contributed by atoms with Crippen molar-refractivity contribution in [3.8, 4) is 0 Å². The van der Waals surface area contributed by atoms with Crippen LogP contribution in [0.4, 0.5) is 0 Å². The van der Waals surface area contributed by atoms with Gasteiger partial charge in [-0.2, -0.15) is 0 Å². The predicted octanol–water partition coefficient (Wildman–Crippen LogP) is 0.0888. The summed E-state index contributed by atoms with van der Waals surface area (Å²) in [4.78, 5) is 23.0. The maximum absolute atomic E-state index is 12.1. The molecule has 1 aromatic heterocycles. The standard InChI is InChI=1S/C12H20N4O2/c1-12(11(17)15(2)3)8-16(4-5-18-12)7-10-6-13-9-14-10/h6,9H,4-5,7-8H2,1-3H3,(H,13,14)/t12-/m0/s1. The Bertz CT molecular complexity index is 404. The molecule has 0 radical (unpaired) electrons. The zero-order chi connectivity index (χ0) is 13.2. The summed E-state index contributed by atoms with van der Waals surface area (Å²) >= 11 is 0. The lowest BCUT2D eigenvalue weighted by Crippen LogP contribution is -2.57. The minimum atomic E-state index is -0.748. The van der Waals surface area contributed by atoms with E-state index in [0.29, 0.717) is 13.2 Å². The molecule has 100 valence electrons. The first kappa shape index (κ1) is 13.0. The number of nitrogens with zero attached hydrogens (tertiary/aromatic N) is 3. The molecule has 1 fully saturated rings. The number of hydrogen-bond acceptors (Lipinski definition) is 4. The van der Waals surface area contributed by atoms with Crippen molar-refractivity contribution in [3.05, 3.63) is 18.2 Å². The first-order chi connectivity index (χ1) is 8.51. The SMILES string of the molecule is CN(C)C(=O)[C@]1(C)CN(Cc2cnc[nH]2)CCO1. The molecule has 6 nitrogen and oxygen atoms in total. The van der Waals surface area contributed by atoms with Crippen molar-refractivity contribution in [3.63, 3.8) is 0 Å². The highest BCUT2D eigenvalue weighted by Gasteiger charge is 2.40. The van der Waals surface area contributed by atoms with Crippen LogP contribution < -0.4 is 0 Å². The third-order valence-corrected chi connectivity index (χ3v) is 3.16. The summed E-state index contributed by atoms with van der Waals surface area (Å²) in [6, 6.07) is 0. The lowest BCUT2D eigenvalue weighted by Gasteiger charge is -2.40. The normalized spacial score (nSPS) is 25.1. The van der Waals surface area contributed by atoms with Gasteiger partial charge in [0, 0.05) is 45.6 Å². The van der Waals surface area contributed by atoms with Gasteiger partial charge in [-0.15, -0.1) is 0 Å². The molecule has 0 spiro atoms. The van der Waals surface area contributed by atoms with Crippen molar-refractivity contribution in [2.45, 2.75) is 19.1 Å². The van der Waals surface area contributed by atoms with Crippen LogP contribution in [0.15, 0.2) is 12.5 Å². The number of carbonyl (C=O) groups is 1. The van der Waals surface area contributed by atoms with Crippen molar-refractivity contribution >= 4 is 5.91 Å². The Morgan fingerprint density at radius 3 is 3.06 bits per heavy atom. The highest BCUT2D eigenvalue weighted by Crippen LogP contribution is 2.20. The molecule has 2 heterocycles. The highest BCUT2D eigenvalue weighted by molar-refractivity contribution is 5.84. The summed E-state index contributed by atoms with van der Waals surface area (Å²) in [5, 5.41) is 0. The van der Waals surface area contributed by atoms with Gasteiger partial charge >= 0.3 is 0 Å². The summed E-state index contributed by atoms with van der Waals surface area (Å²) in [6.45, 7) is 4.62. The number of morpholine rings is 1. The second-order valence-corrected chi connectivity index (χ2v) is 5.07. The van der Waals surface area contributed by atoms with Gasteiger partial charge in [0.2, 0.25) is 0 Å². The molecule has 18 heavy (non-hydrogen) atoms. The van der Waals surface area contributed by atoms with E-state index in [1.807, 2.05) is 6.92 Å². The smallest absolute Gasteiger partial charge is 0.255 e. The summed E-state index contributed by atoms with van der Waals surface area (Å²) in [6.07, 6.45) is 3.47. The van der Waals surface area contributed by atoms with Crippen LogP contribution in [0.3, 0.4) is 0 Å². The molecule has 0 saturated carbocycles. The molecule has 1 aliphatic heterocycles. The number of likely N-dealkylation sites (N-methyl/N-ethyl adjacent to an activating group) is 1. The Labute approximate surface area is 107 Å². The quantitative estimate of drug-likeness (QED) is 0.828. The van der Waals surface area contributed by atoms with Gasteiger partial charge in [-0.3, -0.25) is 9.69 Å². The molecule has 1 N–H and O–H groups in total. The molecule has 1 saturated heterocycles. The van der Waals surface area contributed by atoms with Crippen LogP contribution >= 0.6 is 0 Å². The number of hydrogen-bond donors (Lipinski definition) is 1. The third-order valence-electron chi connectivity index (χ3n) is 3.16. The Morgan fingerprint density at radius 2 is 2.44 bits per heavy atom. The molecule has 1 amide bonds. The van der Waals surface area contributed by atoms with E-state index < -0.39 is 5.60 Å². The number of aromatic amines is 1. The first-order valence-corrected chi connectivity index (χ1v) is 6.06. The second-order valence-electron chi connectivity index (χ2n) is 5.07. The van der Waals surface area contributed by atoms with Gasteiger partial charge < -0.3 is 14.6 Å². The molecule has 1 aromatic rings. The van der Waals surface area contributed by atoms with Crippen LogP contribution in [-0.2, 0) is 16.1 Å². The average Bonchev–Trinajstić information content (AvgIpc) is 2.80. The van der Waals surface area contributed by atoms with Gasteiger partial charge in [0.15, 0.2) is 5.60 Å². The van der Waals surface area contributed by atoms with E-state index in [9.17, 15) is 4.79 Å². The van der Waals surface area contributed by atoms with Crippen molar-refractivity contribution in [2.24, 2.45) is 0 Å². The minimum absolute atomic E-state index is 0.0109. The van der Waals surface area contributed by atoms with Crippen molar-refractivity contribution in [2.75, 3.05) is 33.8 Å². The van der Waals surface area contributed by atoms with Gasteiger partial charge in [0.25, 0.3) is 5.91 Å². The first-order valence-electron chi connectivity index (χ1n) is 6.06. The Kier molecular flexibility index (Phi) is 3.68. The molecule has 0 aromatic carbocycles. The molecular formula is C12H20N4O2. The lowest BCUT2D eigenvalue weighted by atomic mass is 10.0. The van der Waals surface area contributed by atoms with E-state index in [1.165, 1.54) is 0 Å².